The molecule has 2 aromatic carbocycles. The first-order valence-electron chi connectivity index (χ1n) is 11.6. The number of aromatic nitrogens is 3. The second-order valence-electron chi connectivity index (χ2n) is 8.67. The number of nitrogens with zero attached hydrogens (tertiary/aromatic N) is 4. The molecule has 0 aliphatic carbocycles. The van der Waals surface area contributed by atoms with Crippen molar-refractivity contribution in [2.75, 3.05) is 38.8 Å². The van der Waals surface area contributed by atoms with Crippen molar-refractivity contribution in [3.05, 3.63) is 54.7 Å². The van der Waals surface area contributed by atoms with Crippen LogP contribution in [0.4, 0.5) is 5.69 Å². The molecule has 8 nitrogen and oxygen atoms in total. The zero-order valence-corrected chi connectivity index (χ0v) is 20.5. The quantitative estimate of drug-likeness (QED) is 0.297. The van der Waals surface area contributed by atoms with Crippen LogP contribution in [0.5, 0.6) is 16.7 Å². The third-order valence-electron chi connectivity index (χ3n) is 6.38. The first-order valence-corrected chi connectivity index (χ1v) is 12.5. The molecule has 0 spiro atoms. The number of methoxy groups -OCH3 is 2. The first-order chi connectivity index (χ1) is 17.2. The summed E-state index contributed by atoms with van der Waals surface area (Å²) in [7, 11) is 3.25. The predicted octanol–water partition coefficient (Wildman–Crippen LogP) is 5.52. The monoisotopic (exact) mass is 490 g/mol. The number of furan rings is 1. The minimum atomic E-state index is 0.442. The third-order valence-corrected chi connectivity index (χ3v) is 7.26. The van der Waals surface area contributed by atoms with Gasteiger partial charge in [-0.25, -0.2) is 9.50 Å². The number of rotatable bonds is 7. The lowest BCUT2D eigenvalue weighted by atomic mass is 9.98. The van der Waals surface area contributed by atoms with Gasteiger partial charge in [0.2, 0.25) is 4.96 Å². The highest BCUT2D eigenvalue weighted by Crippen LogP contribution is 2.38. The number of fused-ring (bicyclic) bond motifs is 2. The second-order valence-corrected chi connectivity index (χ2v) is 9.59. The highest BCUT2D eigenvalue weighted by molar-refractivity contribution is 7.18. The minimum Gasteiger partial charge on any atom is -0.496 e. The topological polar surface area (TPSA) is 74.3 Å². The van der Waals surface area contributed by atoms with Crippen molar-refractivity contribution in [3.8, 4) is 28.1 Å². The van der Waals surface area contributed by atoms with Crippen molar-refractivity contribution >= 4 is 33.0 Å². The molecular weight excluding hydrogens is 464 g/mol. The molecule has 9 heteroatoms. The molecule has 5 aromatic rings. The molecule has 4 heterocycles. The Morgan fingerprint density at radius 1 is 1.11 bits per heavy atom. The van der Waals surface area contributed by atoms with Crippen LogP contribution in [-0.4, -0.2) is 48.5 Å². The van der Waals surface area contributed by atoms with E-state index in [4.69, 9.17) is 18.6 Å². The van der Waals surface area contributed by atoms with Crippen LogP contribution in [0.3, 0.4) is 0 Å². The van der Waals surface area contributed by atoms with Gasteiger partial charge in [0.05, 0.1) is 32.4 Å². The van der Waals surface area contributed by atoms with Crippen LogP contribution < -0.4 is 19.1 Å². The van der Waals surface area contributed by atoms with Crippen molar-refractivity contribution < 1.29 is 18.6 Å². The average Bonchev–Trinajstić information content (AvgIpc) is 3.60. The molecule has 0 amide bonds. The number of benzene rings is 2. The van der Waals surface area contributed by atoms with Gasteiger partial charge >= 0.3 is 0 Å². The van der Waals surface area contributed by atoms with Gasteiger partial charge in [0.1, 0.15) is 22.8 Å². The Bertz CT molecular complexity index is 1430. The Labute approximate surface area is 206 Å². The zero-order valence-electron chi connectivity index (χ0n) is 19.6. The summed E-state index contributed by atoms with van der Waals surface area (Å²) < 4.78 is 25.0. The molecule has 6 rings (SSSR count). The molecule has 35 heavy (non-hydrogen) atoms. The third kappa shape index (κ3) is 4.27. The van der Waals surface area contributed by atoms with Crippen LogP contribution in [0.15, 0.2) is 59.1 Å². The van der Waals surface area contributed by atoms with Gasteiger partial charge in [0, 0.05) is 36.8 Å². The van der Waals surface area contributed by atoms with Gasteiger partial charge in [-0.15, -0.1) is 5.10 Å². The second kappa shape index (κ2) is 9.14. The van der Waals surface area contributed by atoms with Crippen molar-refractivity contribution in [2.45, 2.75) is 12.8 Å². The lowest BCUT2D eigenvalue weighted by Gasteiger charge is -2.34. The molecule has 1 fully saturated rings. The average molecular weight is 491 g/mol. The maximum atomic E-state index is 6.39. The Balaban J connectivity index is 1.24. The summed E-state index contributed by atoms with van der Waals surface area (Å²) >= 11 is 1.38. The Hall–Kier alpha value is -3.72. The highest BCUT2D eigenvalue weighted by atomic mass is 32.1. The van der Waals surface area contributed by atoms with E-state index in [0.717, 1.165) is 42.0 Å². The number of hydrogen-bond donors (Lipinski definition) is 0. The Morgan fingerprint density at radius 3 is 2.80 bits per heavy atom. The van der Waals surface area contributed by atoms with Crippen molar-refractivity contribution in [3.63, 3.8) is 0 Å². The smallest absolute Gasteiger partial charge is 0.294 e. The maximum absolute atomic E-state index is 6.39. The number of para-hydroxylation sites is 1. The van der Waals surface area contributed by atoms with E-state index in [9.17, 15) is 0 Å². The molecule has 1 aliphatic rings. The van der Waals surface area contributed by atoms with Crippen molar-refractivity contribution in [1.82, 2.24) is 14.6 Å². The number of anilines is 1. The van der Waals surface area contributed by atoms with E-state index in [1.54, 1.807) is 18.7 Å². The van der Waals surface area contributed by atoms with E-state index in [-0.39, 0.29) is 0 Å². The number of hydrogen-bond acceptors (Lipinski definition) is 8. The predicted molar refractivity (Wildman–Crippen MR) is 136 cm³/mol. The molecular formula is C26H26N4O4S. The molecule has 3 aromatic heterocycles. The molecule has 180 valence electrons. The van der Waals surface area contributed by atoms with E-state index >= 15 is 0 Å². The molecule has 0 bridgehead atoms. The van der Waals surface area contributed by atoms with Crippen LogP contribution >= 0.6 is 11.3 Å². The first kappa shape index (κ1) is 21.8. The van der Waals surface area contributed by atoms with Gasteiger partial charge in [-0.05, 0) is 42.4 Å². The van der Waals surface area contributed by atoms with Crippen LogP contribution in [0.1, 0.15) is 12.8 Å². The molecule has 1 aliphatic heterocycles. The summed E-state index contributed by atoms with van der Waals surface area (Å²) in [6.45, 7) is 2.70. The standard InChI is InChI=1S/C26H26N4O4S/c1-31-19-11-22(33-16-17-7-6-10-29(14-17)18-8-4-3-5-9-18)20-13-24(34-23(20)12-19)21-15-30-25(27-21)35-26(28-30)32-2/h3-5,8-9,11-13,15,17H,6-7,10,14,16H2,1-2H3/t17-/m1/s1. The van der Waals surface area contributed by atoms with Gasteiger partial charge in [0.15, 0.2) is 5.76 Å². The summed E-state index contributed by atoms with van der Waals surface area (Å²) in [6, 6.07) is 16.4. The van der Waals surface area contributed by atoms with Crippen LogP contribution in [-0.2, 0) is 0 Å². The Morgan fingerprint density at radius 2 is 2.00 bits per heavy atom. The fourth-order valence-corrected chi connectivity index (χ4v) is 5.31. The number of piperidine rings is 1. The summed E-state index contributed by atoms with van der Waals surface area (Å²) in [6.07, 6.45) is 4.14. The normalized spacial score (nSPS) is 16.2. The van der Waals surface area contributed by atoms with Crippen LogP contribution in [0, 0.1) is 5.92 Å². The van der Waals surface area contributed by atoms with Gasteiger partial charge in [0.25, 0.3) is 5.19 Å². The van der Waals surface area contributed by atoms with Gasteiger partial charge in [-0.2, -0.15) is 0 Å². The van der Waals surface area contributed by atoms with Crippen LogP contribution in [0.25, 0.3) is 27.4 Å². The lowest BCUT2D eigenvalue weighted by Crippen LogP contribution is -2.37. The molecule has 1 saturated heterocycles. The maximum Gasteiger partial charge on any atom is 0.294 e. The number of ether oxygens (including phenoxy) is 3. The van der Waals surface area contributed by atoms with Gasteiger partial charge < -0.3 is 23.5 Å². The summed E-state index contributed by atoms with van der Waals surface area (Å²) in [5.41, 5.74) is 2.68. The highest BCUT2D eigenvalue weighted by Gasteiger charge is 2.22. The molecule has 1 atom stereocenters. The van der Waals surface area contributed by atoms with Gasteiger partial charge in [-0.1, -0.05) is 18.2 Å². The summed E-state index contributed by atoms with van der Waals surface area (Å²) in [5.74, 6) is 2.55. The SMILES string of the molecule is COc1cc(OC[C@@H]2CCCN(c3ccccc3)C2)c2cc(-c3cn4nc(OC)sc4n3)oc2c1. The number of imidazole rings is 1. The molecule has 0 radical (unpaired) electrons. The van der Waals surface area contributed by atoms with Crippen molar-refractivity contribution in [2.24, 2.45) is 5.92 Å². The molecule has 0 N–H and O–H groups in total. The van der Waals surface area contributed by atoms with Crippen molar-refractivity contribution in [1.29, 1.82) is 0 Å². The lowest BCUT2D eigenvalue weighted by molar-refractivity contribution is 0.230. The largest absolute Gasteiger partial charge is 0.496 e. The van der Waals surface area contributed by atoms with E-state index < -0.39 is 0 Å². The van der Waals surface area contributed by atoms with Crippen LogP contribution in [0.2, 0.25) is 0 Å². The fraction of sp³-hybridized carbons (Fsp3) is 0.308. The van der Waals surface area contributed by atoms with E-state index in [1.807, 2.05) is 24.4 Å². The molecule has 0 unspecified atom stereocenters. The minimum absolute atomic E-state index is 0.442. The van der Waals surface area contributed by atoms with E-state index in [0.29, 0.717) is 40.5 Å². The van der Waals surface area contributed by atoms with E-state index in [1.165, 1.54) is 17.0 Å². The molecule has 0 saturated carbocycles. The summed E-state index contributed by atoms with van der Waals surface area (Å²) in [5, 5.41) is 5.81. The Kier molecular flexibility index (Phi) is 5.69. The van der Waals surface area contributed by atoms with E-state index in [2.05, 4.69) is 45.3 Å². The fourth-order valence-electron chi connectivity index (χ4n) is 4.61. The van der Waals surface area contributed by atoms with Gasteiger partial charge in [-0.3, -0.25) is 0 Å². The summed E-state index contributed by atoms with van der Waals surface area (Å²) in [4.78, 5) is 7.83. The zero-order chi connectivity index (χ0) is 23.8.